The highest BCUT2D eigenvalue weighted by atomic mass is 32.2. The van der Waals surface area contributed by atoms with Crippen LogP contribution >= 0.6 is 0 Å². The van der Waals surface area contributed by atoms with Gasteiger partial charge in [0.25, 0.3) is 0 Å². The van der Waals surface area contributed by atoms with Crippen molar-refractivity contribution >= 4 is 27.5 Å². The first-order chi connectivity index (χ1) is 17.6. The number of carbonyl (C=O) groups excluding carboxylic acids is 2. The van der Waals surface area contributed by atoms with Crippen molar-refractivity contribution < 1.29 is 27.5 Å². The highest BCUT2D eigenvalue weighted by Gasteiger charge is 2.32. The van der Waals surface area contributed by atoms with Crippen LogP contribution in [0.5, 0.6) is 11.5 Å². The second-order valence-electron chi connectivity index (χ2n) is 9.24. The molecule has 1 N–H and O–H groups in total. The molecule has 202 valence electrons. The summed E-state index contributed by atoms with van der Waals surface area (Å²) in [6.07, 6.45) is 0.747. The summed E-state index contributed by atoms with van der Waals surface area (Å²) in [4.78, 5) is 28.2. The number of fused-ring (bicyclic) bond motifs is 1. The van der Waals surface area contributed by atoms with Crippen molar-refractivity contribution in [3.8, 4) is 11.5 Å². The van der Waals surface area contributed by atoms with Crippen LogP contribution in [0.2, 0.25) is 0 Å². The van der Waals surface area contributed by atoms with E-state index in [4.69, 9.17) is 9.47 Å². The predicted molar refractivity (Wildman–Crippen MR) is 143 cm³/mol. The highest BCUT2D eigenvalue weighted by molar-refractivity contribution is 7.92. The van der Waals surface area contributed by atoms with Gasteiger partial charge in [0.1, 0.15) is 25.8 Å². The van der Waals surface area contributed by atoms with Gasteiger partial charge in [0, 0.05) is 18.7 Å². The molecule has 0 fully saturated rings. The molecule has 37 heavy (non-hydrogen) atoms. The molecule has 0 saturated carbocycles. The SMILES string of the molecule is CCC(C)NC(=O)C(C)N(Cc1cccc(C)c1)C(=O)CN(c1ccc2c(c1)OCCO2)S(=O)(=O)CC. The number of anilines is 1. The molecule has 0 aromatic heterocycles. The Kier molecular flexibility index (Phi) is 9.42. The van der Waals surface area contributed by atoms with E-state index in [2.05, 4.69) is 5.32 Å². The lowest BCUT2D eigenvalue weighted by atomic mass is 10.1. The number of benzene rings is 2. The van der Waals surface area contributed by atoms with Gasteiger partial charge in [-0.05, 0) is 51.8 Å². The summed E-state index contributed by atoms with van der Waals surface area (Å²) in [6.45, 7) is 9.47. The molecule has 1 aliphatic heterocycles. The number of amides is 2. The second-order valence-corrected chi connectivity index (χ2v) is 11.4. The minimum Gasteiger partial charge on any atom is -0.486 e. The summed E-state index contributed by atoms with van der Waals surface area (Å²) in [5, 5.41) is 2.93. The smallest absolute Gasteiger partial charge is 0.244 e. The Morgan fingerprint density at radius 2 is 1.73 bits per heavy atom. The monoisotopic (exact) mass is 531 g/mol. The Morgan fingerprint density at radius 3 is 2.38 bits per heavy atom. The maximum atomic E-state index is 13.8. The zero-order valence-electron chi connectivity index (χ0n) is 22.2. The van der Waals surface area contributed by atoms with Crippen molar-refractivity contribution in [2.75, 3.05) is 29.8 Å². The number of nitrogens with zero attached hydrogens (tertiary/aromatic N) is 2. The summed E-state index contributed by atoms with van der Waals surface area (Å²) in [6, 6.07) is 11.6. The molecule has 9 nitrogen and oxygen atoms in total. The van der Waals surface area contributed by atoms with Crippen LogP contribution in [0.25, 0.3) is 0 Å². The number of sulfonamides is 1. The van der Waals surface area contributed by atoms with Gasteiger partial charge in [0.05, 0.1) is 11.4 Å². The molecule has 0 saturated heterocycles. The topological polar surface area (TPSA) is 105 Å². The summed E-state index contributed by atoms with van der Waals surface area (Å²) < 4.78 is 38.5. The molecule has 1 aliphatic rings. The number of carbonyl (C=O) groups is 2. The predicted octanol–water partition coefficient (Wildman–Crippen LogP) is 3.25. The van der Waals surface area contributed by atoms with Crippen molar-refractivity contribution in [1.29, 1.82) is 0 Å². The van der Waals surface area contributed by atoms with Crippen molar-refractivity contribution in [2.45, 2.75) is 59.7 Å². The van der Waals surface area contributed by atoms with Gasteiger partial charge in [-0.2, -0.15) is 0 Å². The fourth-order valence-electron chi connectivity index (χ4n) is 3.96. The first-order valence-corrected chi connectivity index (χ1v) is 14.2. The van der Waals surface area contributed by atoms with Crippen molar-refractivity contribution in [2.24, 2.45) is 0 Å². The van der Waals surface area contributed by atoms with Crippen molar-refractivity contribution in [3.05, 3.63) is 53.6 Å². The molecule has 2 atom stereocenters. The summed E-state index contributed by atoms with van der Waals surface area (Å²) in [7, 11) is -3.83. The number of nitrogens with one attached hydrogen (secondary N) is 1. The minimum absolute atomic E-state index is 0.0550. The van der Waals surface area contributed by atoms with Gasteiger partial charge in [-0.25, -0.2) is 8.42 Å². The quantitative estimate of drug-likeness (QED) is 0.477. The Bertz CT molecular complexity index is 1220. The molecule has 0 radical (unpaired) electrons. The van der Waals surface area contributed by atoms with E-state index in [1.165, 1.54) is 11.8 Å². The van der Waals surface area contributed by atoms with E-state index in [9.17, 15) is 18.0 Å². The van der Waals surface area contributed by atoms with E-state index in [0.717, 1.165) is 21.9 Å². The lowest BCUT2D eigenvalue weighted by Crippen LogP contribution is -2.52. The maximum absolute atomic E-state index is 13.8. The number of hydrogen-bond donors (Lipinski definition) is 1. The van der Waals surface area contributed by atoms with Crippen LogP contribution in [-0.4, -0.2) is 62.7 Å². The van der Waals surface area contributed by atoms with Crippen molar-refractivity contribution in [3.63, 3.8) is 0 Å². The van der Waals surface area contributed by atoms with Crippen LogP contribution < -0.4 is 19.1 Å². The Labute approximate surface area is 219 Å². The van der Waals surface area contributed by atoms with E-state index >= 15 is 0 Å². The molecule has 10 heteroatoms. The third-order valence-corrected chi connectivity index (χ3v) is 8.14. The number of hydrogen-bond acceptors (Lipinski definition) is 6. The van der Waals surface area contributed by atoms with E-state index in [-0.39, 0.29) is 24.2 Å². The number of ether oxygens (including phenoxy) is 2. The van der Waals surface area contributed by atoms with Gasteiger partial charge in [-0.1, -0.05) is 36.8 Å². The van der Waals surface area contributed by atoms with E-state index in [1.54, 1.807) is 25.1 Å². The molecular formula is C27H37N3O6S. The standard InChI is InChI=1S/C27H37N3O6S/c1-6-20(4)28-27(32)21(5)29(17-22-10-8-9-19(3)15-22)26(31)18-30(37(33,34)7-2)23-11-12-24-25(16-23)36-14-13-35-24/h8-12,15-16,20-21H,6-7,13-14,17-18H2,1-5H3,(H,28,32). The van der Waals surface area contributed by atoms with Crippen LogP contribution in [0.3, 0.4) is 0 Å². The molecule has 2 aromatic carbocycles. The van der Waals surface area contributed by atoms with Gasteiger partial charge < -0.3 is 19.7 Å². The fourth-order valence-corrected chi connectivity index (χ4v) is 5.02. The molecule has 2 amide bonds. The lowest BCUT2D eigenvalue weighted by Gasteiger charge is -2.32. The molecule has 2 aromatic rings. The Morgan fingerprint density at radius 1 is 1.03 bits per heavy atom. The number of aryl methyl sites for hydroxylation is 1. The van der Waals surface area contributed by atoms with Gasteiger partial charge in [-0.3, -0.25) is 13.9 Å². The molecule has 3 rings (SSSR count). The van der Waals surface area contributed by atoms with E-state index in [1.807, 2.05) is 45.0 Å². The molecule has 2 unspecified atom stereocenters. The number of rotatable bonds is 11. The van der Waals surface area contributed by atoms with Gasteiger partial charge in [0.15, 0.2) is 11.5 Å². The second kappa shape index (κ2) is 12.3. The van der Waals surface area contributed by atoms with Crippen LogP contribution in [0.1, 0.15) is 45.2 Å². The summed E-state index contributed by atoms with van der Waals surface area (Å²) >= 11 is 0. The maximum Gasteiger partial charge on any atom is 0.244 e. The average molecular weight is 532 g/mol. The van der Waals surface area contributed by atoms with Gasteiger partial charge >= 0.3 is 0 Å². The molecule has 0 bridgehead atoms. The first-order valence-electron chi connectivity index (χ1n) is 12.6. The Hall–Kier alpha value is -3.27. The van der Waals surface area contributed by atoms with Gasteiger partial charge in [-0.15, -0.1) is 0 Å². The van der Waals surface area contributed by atoms with Crippen LogP contribution in [0.15, 0.2) is 42.5 Å². The third-order valence-electron chi connectivity index (χ3n) is 6.40. The first kappa shape index (κ1) is 28.3. The van der Waals surface area contributed by atoms with Crippen LogP contribution in [0.4, 0.5) is 5.69 Å². The summed E-state index contributed by atoms with van der Waals surface area (Å²) in [5.41, 5.74) is 2.17. The van der Waals surface area contributed by atoms with E-state index < -0.39 is 28.5 Å². The molecule has 0 aliphatic carbocycles. The largest absolute Gasteiger partial charge is 0.486 e. The van der Waals surface area contributed by atoms with E-state index in [0.29, 0.717) is 30.4 Å². The lowest BCUT2D eigenvalue weighted by molar-refractivity contribution is -0.139. The Balaban J connectivity index is 1.94. The molecule has 1 heterocycles. The van der Waals surface area contributed by atoms with Crippen molar-refractivity contribution in [1.82, 2.24) is 10.2 Å². The summed E-state index contributed by atoms with van der Waals surface area (Å²) in [5.74, 6) is -0.0341. The molecular weight excluding hydrogens is 494 g/mol. The molecule has 0 spiro atoms. The van der Waals surface area contributed by atoms with Crippen LogP contribution in [-0.2, 0) is 26.2 Å². The fraction of sp³-hybridized carbons (Fsp3) is 0.481. The zero-order chi connectivity index (χ0) is 27.2. The van der Waals surface area contributed by atoms with Gasteiger partial charge in [0.2, 0.25) is 21.8 Å². The average Bonchev–Trinajstić information content (AvgIpc) is 2.89. The third kappa shape index (κ3) is 7.15. The van der Waals surface area contributed by atoms with Crippen LogP contribution in [0, 0.1) is 6.92 Å². The highest BCUT2D eigenvalue weighted by Crippen LogP contribution is 2.35. The minimum atomic E-state index is -3.83. The normalized spacial score (nSPS) is 14.4. The zero-order valence-corrected chi connectivity index (χ0v) is 23.0.